The van der Waals surface area contributed by atoms with Gasteiger partial charge < -0.3 is 9.47 Å². The van der Waals surface area contributed by atoms with Gasteiger partial charge in [-0.1, -0.05) is 74.7 Å². The fraction of sp³-hybridized carbons (Fsp3) is 0.391. The van der Waals surface area contributed by atoms with Gasteiger partial charge in [-0.15, -0.1) is 0 Å². The van der Waals surface area contributed by atoms with Crippen molar-refractivity contribution >= 4 is 35.1 Å². The number of halogens is 2. The fourth-order valence-corrected chi connectivity index (χ4v) is 3.11. The Bertz CT molecular complexity index is 820. The molecule has 2 aromatic rings. The van der Waals surface area contributed by atoms with E-state index in [9.17, 15) is 9.59 Å². The van der Waals surface area contributed by atoms with Gasteiger partial charge in [0.2, 0.25) is 0 Å². The molecule has 0 saturated carbocycles. The lowest BCUT2D eigenvalue weighted by molar-refractivity contribution is 0.0497. The van der Waals surface area contributed by atoms with Gasteiger partial charge in [-0.25, -0.2) is 9.59 Å². The number of carbonyl (C=O) groups is 2. The summed E-state index contributed by atoms with van der Waals surface area (Å²) in [5.74, 6) is -0.918. The minimum Gasteiger partial charge on any atom is -0.462 e. The monoisotopic (exact) mass is 436 g/mol. The first-order valence-corrected chi connectivity index (χ1v) is 10.7. The van der Waals surface area contributed by atoms with Crippen molar-refractivity contribution in [1.29, 1.82) is 0 Å². The Morgan fingerprint density at radius 1 is 0.828 bits per heavy atom. The Balaban J connectivity index is 1.84. The van der Waals surface area contributed by atoms with Crippen LogP contribution in [0.3, 0.4) is 0 Å². The molecule has 29 heavy (non-hydrogen) atoms. The summed E-state index contributed by atoms with van der Waals surface area (Å²) in [6.07, 6.45) is 8.04. The zero-order valence-electron chi connectivity index (χ0n) is 16.6. The number of unbranched alkanes of at least 4 members (excludes halogenated alkanes) is 6. The molecule has 2 rings (SSSR count). The molecule has 6 heteroatoms. The zero-order valence-corrected chi connectivity index (χ0v) is 18.1. The highest BCUT2D eigenvalue weighted by molar-refractivity contribution is 6.34. The van der Waals surface area contributed by atoms with E-state index in [1.807, 2.05) is 0 Å². The third-order valence-electron chi connectivity index (χ3n) is 4.41. The predicted octanol–water partition coefficient (Wildman–Crippen LogP) is 7.12. The minimum absolute atomic E-state index is 0.163. The van der Waals surface area contributed by atoms with Gasteiger partial charge in [0.1, 0.15) is 0 Å². The summed E-state index contributed by atoms with van der Waals surface area (Å²) in [4.78, 5) is 24.6. The zero-order chi connectivity index (χ0) is 21.1. The second-order valence-electron chi connectivity index (χ2n) is 6.80. The molecule has 0 spiro atoms. The van der Waals surface area contributed by atoms with Crippen LogP contribution in [-0.2, 0) is 4.74 Å². The highest BCUT2D eigenvalue weighted by atomic mass is 35.5. The summed E-state index contributed by atoms with van der Waals surface area (Å²) >= 11 is 11.9. The van der Waals surface area contributed by atoms with Crippen molar-refractivity contribution in [2.75, 3.05) is 6.61 Å². The van der Waals surface area contributed by atoms with Gasteiger partial charge in [-0.2, -0.15) is 0 Å². The number of carbonyl (C=O) groups excluding carboxylic acids is 2. The Kier molecular flexibility index (Phi) is 10.0. The highest BCUT2D eigenvalue weighted by Crippen LogP contribution is 2.28. The lowest BCUT2D eigenvalue weighted by Gasteiger charge is -2.08. The van der Waals surface area contributed by atoms with E-state index in [4.69, 9.17) is 32.7 Å². The van der Waals surface area contributed by atoms with Gasteiger partial charge in [0, 0.05) is 11.1 Å². The van der Waals surface area contributed by atoms with Gasteiger partial charge in [0.05, 0.1) is 22.8 Å². The number of benzene rings is 2. The van der Waals surface area contributed by atoms with Crippen molar-refractivity contribution in [3.63, 3.8) is 0 Å². The highest BCUT2D eigenvalue weighted by Gasteiger charge is 2.15. The summed E-state index contributed by atoms with van der Waals surface area (Å²) in [7, 11) is 0. The Hall–Kier alpha value is -2.04. The summed E-state index contributed by atoms with van der Waals surface area (Å²) in [5, 5.41) is 0.674. The van der Waals surface area contributed by atoms with Crippen molar-refractivity contribution in [2.45, 2.75) is 51.9 Å². The van der Waals surface area contributed by atoms with E-state index in [0.29, 0.717) is 17.2 Å². The van der Waals surface area contributed by atoms with Crippen LogP contribution in [0.25, 0.3) is 0 Å². The number of rotatable bonds is 11. The van der Waals surface area contributed by atoms with Gasteiger partial charge in [-0.3, -0.25) is 0 Å². The molecule has 0 aromatic heterocycles. The summed E-state index contributed by atoms with van der Waals surface area (Å²) in [5.41, 5.74) is 0.533. The third-order valence-corrected chi connectivity index (χ3v) is 4.96. The van der Waals surface area contributed by atoms with Crippen molar-refractivity contribution in [1.82, 2.24) is 0 Å². The first-order valence-electron chi connectivity index (χ1n) is 9.95. The average molecular weight is 437 g/mol. The first-order chi connectivity index (χ1) is 14.0. The van der Waals surface area contributed by atoms with Gasteiger partial charge in [-0.05, 0) is 36.8 Å². The molecule has 0 N–H and O–H groups in total. The maximum atomic E-state index is 12.4. The lowest BCUT2D eigenvalue weighted by Crippen LogP contribution is -2.11. The smallest absolute Gasteiger partial charge is 0.343 e. The maximum Gasteiger partial charge on any atom is 0.343 e. The molecule has 0 aliphatic carbocycles. The summed E-state index contributed by atoms with van der Waals surface area (Å²) in [6, 6.07) is 10.8. The molecule has 156 valence electrons. The average Bonchev–Trinajstić information content (AvgIpc) is 2.72. The maximum absolute atomic E-state index is 12.4. The topological polar surface area (TPSA) is 52.6 Å². The molecule has 0 heterocycles. The SMILES string of the molecule is CCCCCCCCCOC(=O)c1cccc(C(=O)Oc2cc(Cl)ccc2Cl)c1. The molecule has 2 aromatic carbocycles. The normalized spacial score (nSPS) is 10.6. The second-order valence-corrected chi connectivity index (χ2v) is 7.65. The molecule has 0 fully saturated rings. The fourth-order valence-electron chi connectivity index (χ4n) is 2.79. The molecule has 0 bridgehead atoms. The van der Waals surface area contributed by atoms with Crippen LogP contribution in [0.5, 0.6) is 5.75 Å². The number of hydrogen-bond acceptors (Lipinski definition) is 4. The van der Waals surface area contributed by atoms with Crippen LogP contribution in [0.4, 0.5) is 0 Å². The van der Waals surface area contributed by atoms with Gasteiger partial charge >= 0.3 is 11.9 Å². The van der Waals surface area contributed by atoms with Crippen molar-refractivity contribution in [3.8, 4) is 5.75 Å². The number of hydrogen-bond donors (Lipinski definition) is 0. The van der Waals surface area contributed by atoms with E-state index in [1.165, 1.54) is 37.8 Å². The van der Waals surface area contributed by atoms with E-state index in [2.05, 4.69) is 6.92 Å². The van der Waals surface area contributed by atoms with Gasteiger partial charge in [0.25, 0.3) is 0 Å². The summed E-state index contributed by atoms with van der Waals surface area (Å²) in [6.45, 7) is 2.57. The Labute approximate surface area is 182 Å². The molecular weight excluding hydrogens is 411 g/mol. The second kappa shape index (κ2) is 12.5. The van der Waals surface area contributed by atoms with Crippen molar-refractivity contribution < 1.29 is 19.1 Å². The lowest BCUT2D eigenvalue weighted by atomic mass is 10.1. The molecule has 0 saturated heterocycles. The number of esters is 2. The van der Waals surface area contributed by atoms with Crippen molar-refractivity contribution in [2.24, 2.45) is 0 Å². The van der Waals surface area contributed by atoms with Crippen LogP contribution in [-0.4, -0.2) is 18.5 Å². The van der Waals surface area contributed by atoms with Crippen LogP contribution in [0.1, 0.15) is 72.6 Å². The van der Waals surface area contributed by atoms with E-state index in [1.54, 1.807) is 30.3 Å². The van der Waals surface area contributed by atoms with Crippen LogP contribution in [0, 0.1) is 0 Å². The third kappa shape index (κ3) is 8.08. The van der Waals surface area contributed by atoms with Crippen LogP contribution in [0.2, 0.25) is 10.0 Å². The van der Waals surface area contributed by atoms with E-state index >= 15 is 0 Å². The quantitative estimate of drug-likeness (QED) is 0.213. The number of ether oxygens (including phenoxy) is 2. The molecule has 0 atom stereocenters. The van der Waals surface area contributed by atoms with E-state index < -0.39 is 11.9 Å². The molecule has 0 radical (unpaired) electrons. The van der Waals surface area contributed by atoms with Crippen LogP contribution in [0.15, 0.2) is 42.5 Å². The largest absolute Gasteiger partial charge is 0.462 e. The van der Waals surface area contributed by atoms with Crippen LogP contribution < -0.4 is 4.74 Å². The molecular formula is C23H26Cl2O4. The van der Waals surface area contributed by atoms with Gasteiger partial charge in [0.15, 0.2) is 5.75 Å². The van der Waals surface area contributed by atoms with Crippen LogP contribution >= 0.6 is 23.2 Å². The Morgan fingerprint density at radius 2 is 1.48 bits per heavy atom. The molecule has 4 nitrogen and oxygen atoms in total. The first kappa shape index (κ1) is 23.2. The predicted molar refractivity (Wildman–Crippen MR) is 116 cm³/mol. The molecule has 0 aliphatic heterocycles. The molecule has 0 aliphatic rings. The van der Waals surface area contributed by atoms with Crippen molar-refractivity contribution in [3.05, 3.63) is 63.6 Å². The van der Waals surface area contributed by atoms with E-state index in [0.717, 1.165) is 19.3 Å². The Morgan fingerprint density at radius 3 is 2.21 bits per heavy atom. The standard InChI is InChI=1S/C23H26Cl2O4/c1-2-3-4-5-6-7-8-14-28-22(26)17-10-9-11-18(15-17)23(27)29-21-16-19(24)12-13-20(21)25/h9-13,15-16H,2-8,14H2,1H3. The molecule has 0 unspecified atom stereocenters. The molecule has 0 amide bonds. The van der Waals surface area contributed by atoms with E-state index in [-0.39, 0.29) is 16.3 Å². The minimum atomic E-state index is -0.629. The summed E-state index contributed by atoms with van der Waals surface area (Å²) < 4.78 is 10.6.